The molecule has 0 saturated heterocycles. The van der Waals surface area contributed by atoms with Crippen molar-refractivity contribution in [3.63, 3.8) is 0 Å². The fourth-order valence-corrected chi connectivity index (χ4v) is 3.90. The number of sulfonamides is 1. The number of primary sulfonamides is 1. The Hall–Kier alpha value is -2.58. The highest BCUT2D eigenvalue weighted by Gasteiger charge is 2.26. The highest BCUT2D eigenvalue weighted by atomic mass is 32.2. The van der Waals surface area contributed by atoms with Gasteiger partial charge in [-0.25, -0.2) is 22.3 Å². The molecule has 28 heavy (non-hydrogen) atoms. The normalized spacial score (nSPS) is 14.4. The number of hydrogen-bond acceptors (Lipinski definition) is 3. The summed E-state index contributed by atoms with van der Waals surface area (Å²) in [6.45, 7) is 0. The summed E-state index contributed by atoms with van der Waals surface area (Å²) in [4.78, 5) is -0.527. The molecule has 0 bridgehead atoms. The van der Waals surface area contributed by atoms with Crippen molar-refractivity contribution in [2.24, 2.45) is 11.1 Å². The number of nitrogens with zero attached hydrogens (tertiary/aromatic N) is 1. The average molecular weight is 403 g/mol. The SMILES string of the molecule is NS(=O)(=O)c1ccc(Cc2c(-c3ccc(F)cc3)n[nH]c2CC2CC2)cc1F. The molecular formula is C20H19F2N3O2S. The Balaban J connectivity index is 1.72. The molecule has 146 valence electrons. The van der Waals surface area contributed by atoms with E-state index in [1.165, 1.54) is 37.1 Å². The lowest BCUT2D eigenvalue weighted by atomic mass is 9.97. The van der Waals surface area contributed by atoms with E-state index in [4.69, 9.17) is 5.14 Å². The molecule has 3 aromatic rings. The number of rotatable bonds is 6. The van der Waals surface area contributed by atoms with Gasteiger partial charge in [0.05, 0.1) is 5.69 Å². The fraction of sp³-hybridized carbons (Fsp3) is 0.250. The molecule has 1 aliphatic rings. The number of H-pyrrole nitrogens is 1. The molecule has 0 unspecified atom stereocenters. The second kappa shape index (κ2) is 7.10. The van der Waals surface area contributed by atoms with E-state index in [1.54, 1.807) is 18.2 Å². The van der Waals surface area contributed by atoms with Crippen molar-refractivity contribution in [1.82, 2.24) is 10.2 Å². The van der Waals surface area contributed by atoms with Crippen molar-refractivity contribution in [2.45, 2.75) is 30.6 Å². The predicted octanol–water partition coefficient (Wildman–Crippen LogP) is 3.55. The van der Waals surface area contributed by atoms with Crippen LogP contribution in [0.4, 0.5) is 8.78 Å². The molecule has 5 nitrogen and oxygen atoms in total. The Morgan fingerprint density at radius 1 is 1.11 bits per heavy atom. The van der Waals surface area contributed by atoms with Gasteiger partial charge in [-0.15, -0.1) is 0 Å². The van der Waals surface area contributed by atoms with Crippen LogP contribution in [-0.2, 0) is 22.9 Å². The van der Waals surface area contributed by atoms with Gasteiger partial charge >= 0.3 is 0 Å². The van der Waals surface area contributed by atoms with Crippen LogP contribution in [0.15, 0.2) is 47.4 Å². The van der Waals surface area contributed by atoms with Crippen molar-refractivity contribution in [1.29, 1.82) is 0 Å². The number of nitrogens with one attached hydrogen (secondary N) is 1. The van der Waals surface area contributed by atoms with Crippen LogP contribution in [0.5, 0.6) is 0 Å². The molecule has 2 aromatic carbocycles. The molecule has 1 aromatic heterocycles. The van der Waals surface area contributed by atoms with Gasteiger partial charge in [-0.3, -0.25) is 5.10 Å². The Kier molecular flexibility index (Phi) is 4.76. The second-order valence-electron chi connectivity index (χ2n) is 7.17. The maximum atomic E-state index is 14.2. The van der Waals surface area contributed by atoms with Gasteiger partial charge in [-0.05, 0) is 67.1 Å². The topological polar surface area (TPSA) is 88.8 Å². The first-order valence-corrected chi connectivity index (χ1v) is 10.5. The zero-order valence-electron chi connectivity index (χ0n) is 15.0. The number of halogens is 2. The van der Waals surface area contributed by atoms with E-state index in [-0.39, 0.29) is 5.82 Å². The van der Waals surface area contributed by atoms with E-state index in [0.29, 0.717) is 23.6 Å². The van der Waals surface area contributed by atoms with Crippen molar-refractivity contribution in [2.75, 3.05) is 0 Å². The molecule has 0 spiro atoms. The first-order chi connectivity index (χ1) is 13.3. The third-order valence-corrected chi connectivity index (χ3v) is 5.89. The van der Waals surface area contributed by atoms with Crippen LogP contribution in [0, 0.1) is 17.6 Å². The minimum absolute atomic E-state index is 0.334. The van der Waals surface area contributed by atoms with Crippen LogP contribution in [0.3, 0.4) is 0 Å². The summed E-state index contributed by atoms with van der Waals surface area (Å²) in [6.07, 6.45) is 3.55. The predicted molar refractivity (Wildman–Crippen MR) is 101 cm³/mol. The summed E-state index contributed by atoms with van der Waals surface area (Å²) in [6, 6.07) is 9.95. The van der Waals surface area contributed by atoms with E-state index < -0.39 is 20.7 Å². The molecule has 1 heterocycles. The van der Waals surface area contributed by atoms with Crippen LogP contribution in [-0.4, -0.2) is 18.6 Å². The van der Waals surface area contributed by atoms with Crippen LogP contribution in [0.1, 0.15) is 29.7 Å². The highest BCUT2D eigenvalue weighted by molar-refractivity contribution is 7.89. The minimum atomic E-state index is -4.11. The van der Waals surface area contributed by atoms with E-state index in [2.05, 4.69) is 10.2 Å². The summed E-state index contributed by atoms with van der Waals surface area (Å²) < 4.78 is 50.4. The molecular weight excluding hydrogens is 384 g/mol. The molecule has 0 radical (unpaired) electrons. The third-order valence-electron chi connectivity index (χ3n) is 4.94. The van der Waals surface area contributed by atoms with Gasteiger partial charge in [0.1, 0.15) is 16.5 Å². The van der Waals surface area contributed by atoms with E-state index >= 15 is 0 Å². The Bertz CT molecular complexity index is 1120. The van der Waals surface area contributed by atoms with Gasteiger partial charge < -0.3 is 0 Å². The van der Waals surface area contributed by atoms with Crippen LogP contribution < -0.4 is 5.14 Å². The lowest BCUT2D eigenvalue weighted by molar-refractivity contribution is 0.567. The van der Waals surface area contributed by atoms with E-state index in [1.807, 2.05) is 0 Å². The first kappa shape index (κ1) is 18.8. The Labute approximate surface area is 161 Å². The highest BCUT2D eigenvalue weighted by Crippen LogP contribution is 2.35. The summed E-state index contributed by atoms with van der Waals surface area (Å²) in [5.41, 5.74) is 3.92. The van der Waals surface area contributed by atoms with Gasteiger partial charge in [0.15, 0.2) is 0 Å². The quantitative estimate of drug-likeness (QED) is 0.660. The van der Waals surface area contributed by atoms with E-state index in [0.717, 1.165) is 23.2 Å². The number of hydrogen-bond donors (Lipinski definition) is 2. The molecule has 4 rings (SSSR count). The summed E-state index contributed by atoms with van der Waals surface area (Å²) in [5, 5.41) is 12.5. The van der Waals surface area contributed by atoms with Gasteiger partial charge in [0.2, 0.25) is 10.0 Å². The summed E-state index contributed by atoms with van der Waals surface area (Å²) >= 11 is 0. The third kappa shape index (κ3) is 3.98. The number of nitrogens with two attached hydrogens (primary N) is 1. The van der Waals surface area contributed by atoms with Crippen molar-refractivity contribution < 1.29 is 17.2 Å². The Morgan fingerprint density at radius 3 is 2.43 bits per heavy atom. The molecule has 1 fully saturated rings. The lowest BCUT2D eigenvalue weighted by Gasteiger charge is -2.08. The zero-order valence-corrected chi connectivity index (χ0v) is 15.8. The monoisotopic (exact) mass is 403 g/mol. The molecule has 0 aliphatic heterocycles. The van der Waals surface area contributed by atoms with Crippen LogP contribution in [0.25, 0.3) is 11.3 Å². The Morgan fingerprint density at radius 2 is 1.82 bits per heavy atom. The average Bonchev–Trinajstić information content (AvgIpc) is 3.36. The van der Waals surface area contributed by atoms with Crippen molar-refractivity contribution in [3.8, 4) is 11.3 Å². The lowest BCUT2D eigenvalue weighted by Crippen LogP contribution is -2.14. The second-order valence-corrected chi connectivity index (χ2v) is 8.70. The van der Waals surface area contributed by atoms with Crippen LogP contribution >= 0.6 is 0 Å². The molecule has 8 heteroatoms. The van der Waals surface area contributed by atoms with Gasteiger partial charge in [-0.1, -0.05) is 6.07 Å². The van der Waals surface area contributed by atoms with E-state index in [9.17, 15) is 17.2 Å². The van der Waals surface area contributed by atoms with Gasteiger partial charge in [0.25, 0.3) is 0 Å². The van der Waals surface area contributed by atoms with Crippen LogP contribution in [0.2, 0.25) is 0 Å². The summed E-state index contributed by atoms with van der Waals surface area (Å²) in [7, 11) is -4.11. The maximum Gasteiger partial charge on any atom is 0.240 e. The number of aromatic amines is 1. The van der Waals surface area contributed by atoms with Gasteiger partial charge in [0, 0.05) is 23.2 Å². The fourth-order valence-electron chi connectivity index (χ4n) is 3.31. The standard InChI is InChI=1S/C20H19F2N3O2S/c21-15-6-4-14(5-7-15)20-16(18(24-25-20)11-12-1-2-12)9-13-3-8-19(17(22)10-13)28(23,26)27/h3-8,10,12H,1-2,9,11H2,(H,24,25)(H2,23,26,27). The largest absolute Gasteiger partial charge is 0.282 e. The molecule has 1 aliphatic carbocycles. The number of benzene rings is 2. The summed E-state index contributed by atoms with van der Waals surface area (Å²) in [5.74, 6) is -0.600. The molecule has 1 saturated carbocycles. The maximum absolute atomic E-state index is 14.2. The molecule has 0 atom stereocenters. The zero-order chi connectivity index (χ0) is 19.9. The van der Waals surface area contributed by atoms with Crippen molar-refractivity contribution >= 4 is 10.0 Å². The number of aromatic nitrogens is 2. The smallest absolute Gasteiger partial charge is 0.240 e. The first-order valence-electron chi connectivity index (χ1n) is 8.94. The molecule has 0 amide bonds. The van der Waals surface area contributed by atoms with Gasteiger partial charge in [-0.2, -0.15) is 5.10 Å². The molecule has 3 N–H and O–H groups in total. The van der Waals surface area contributed by atoms with Crippen molar-refractivity contribution in [3.05, 3.63) is 70.9 Å². The minimum Gasteiger partial charge on any atom is -0.282 e.